The molecule has 2 heterocycles. The summed E-state index contributed by atoms with van der Waals surface area (Å²) in [5.41, 5.74) is 4.79. The van der Waals surface area contributed by atoms with Crippen molar-refractivity contribution in [2.75, 3.05) is 5.32 Å². The third-order valence-electron chi connectivity index (χ3n) is 4.61. The van der Waals surface area contributed by atoms with Crippen LogP contribution in [0.15, 0.2) is 46.3 Å². The molecule has 0 aliphatic rings. The second-order valence-electron chi connectivity index (χ2n) is 6.73. The standard InChI is InChI=1S/C19H19N7O2S/c1-10-4-6-14(8-11(10)2)26-19(23-24-25-26)29-12(3)17(27)20-13-5-7-15-16(9-13)22-18(28)21-15/h4-9,12H,1-3H3,(H,20,27)(H2,21,22,28). The second kappa shape index (κ2) is 7.55. The number of hydrogen-bond acceptors (Lipinski definition) is 6. The number of carbonyl (C=O) groups is 1. The van der Waals surface area contributed by atoms with Crippen molar-refractivity contribution in [3.05, 3.63) is 58.0 Å². The first-order valence-electron chi connectivity index (χ1n) is 8.96. The number of nitrogens with one attached hydrogen (secondary N) is 3. The Labute approximate surface area is 169 Å². The molecule has 2 aromatic heterocycles. The highest BCUT2D eigenvalue weighted by Crippen LogP contribution is 2.25. The Morgan fingerprint density at radius 3 is 2.69 bits per heavy atom. The zero-order valence-corrected chi connectivity index (χ0v) is 16.9. The highest BCUT2D eigenvalue weighted by Gasteiger charge is 2.20. The van der Waals surface area contributed by atoms with Gasteiger partial charge in [-0.05, 0) is 72.7 Å². The van der Waals surface area contributed by atoms with Crippen molar-refractivity contribution < 1.29 is 4.79 Å². The van der Waals surface area contributed by atoms with E-state index in [-0.39, 0.29) is 11.6 Å². The van der Waals surface area contributed by atoms with Crippen LogP contribution in [0, 0.1) is 13.8 Å². The van der Waals surface area contributed by atoms with Crippen molar-refractivity contribution in [2.24, 2.45) is 0 Å². The number of imidazole rings is 1. The molecule has 0 aliphatic carbocycles. The Morgan fingerprint density at radius 2 is 1.90 bits per heavy atom. The van der Waals surface area contributed by atoms with Crippen LogP contribution in [0.4, 0.5) is 5.69 Å². The van der Waals surface area contributed by atoms with Crippen LogP contribution in [-0.2, 0) is 4.79 Å². The third kappa shape index (κ3) is 3.92. The number of aromatic amines is 2. The average Bonchev–Trinajstić information content (AvgIpc) is 3.29. The number of anilines is 1. The van der Waals surface area contributed by atoms with Gasteiger partial charge in [0.2, 0.25) is 11.1 Å². The van der Waals surface area contributed by atoms with Gasteiger partial charge in [-0.3, -0.25) is 4.79 Å². The lowest BCUT2D eigenvalue weighted by Gasteiger charge is -2.12. The third-order valence-corrected chi connectivity index (χ3v) is 5.64. The summed E-state index contributed by atoms with van der Waals surface area (Å²) in [6.45, 7) is 5.86. The largest absolute Gasteiger partial charge is 0.325 e. The molecule has 1 atom stereocenters. The normalized spacial score (nSPS) is 12.2. The SMILES string of the molecule is Cc1ccc(-n2nnnc2SC(C)C(=O)Nc2ccc3[nH]c(=O)[nH]c3c2)cc1C. The molecule has 148 valence electrons. The first-order chi connectivity index (χ1) is 13.9. The summed E-state index contributed by atoms with van der Waals surface area (Å²) in [5.74, 6) is -0.193. The summed E-state index contributed by atoms with van der Waals surface area (Å²) < 4.78 is 1.62. The lowest BCUT2D eigenvalue weighted by Crippen LogP contribution is -2.22. The Bertz CT molecular complexity index is 1260. The Morgan fingerprint density at radius 1 is 1.10 bits per heavy atom. The van der Waals surface area contributed by atoms with Crippen LogP contribution in [0.5, 0.6) is 0 Å². The Kier molecular flexibility index (Phi) is 4.93. The van der Waals surface area contributed by atoms with Crippen LogP contribution >= 0.6 is 11.8 Å². The molecule has 0 saturated heterocycles. The van der Waals surface area contributed by atoms with Crippen molar-refractivity contribution in [3.8, 4) is 5.69 Å². The number of benzene rings is 2. The van der Waals surface area contributed by atoms with Crippen LogP contribution in [0.2, 0.25) is 0 Å². The van der Waals surface area contributed by atoms with Crippen molar-refractivity contribution in [1.82, 2.24) is 30.2 Å². The molecule has 1 unspecified atom stereocenters. The van der Waals surface area contributed by atoms with Gasteiger partial charge in [-0.25, -0.2) is 4.79 Å². The van der Waals surface area contributed by atoms with Gasteiger partial charge in [-0.2, -0.15) is 4.68 Å². The van der Waals surface area contributed by atoms with E-state index < -0.39 is 5.25 Å². The Balaban J connectivity index is 1.49. The Hall–Kier alpha value is -3.40. The molecule has 1 amide bonds. The fraction of sp³-hybridized carbons (Fsp3) is 0.211. The number of aryl methyl sites for hydroxylation is 2. The number of thioether (sulfide) groups is 1. The van der Waals surface area contributed by atoms with Crippen LogP contribution in [0.25, 0.3) is 16.7 Å². The molecule has 0 radical (unpaired) electrons. The molecule has 29 heavy (non-hydrogen) atoms. The summed E-state index contributed by atoms with van der Waals surface area (Å²) in [6.07, 6.45) is 0. The molecular formula is C19H19N7O2S. The van der Waals surface area contributed by atoms with Gasteiger partial charge in [0.1, 0.15) is 0 Å². The van der Waals surface area contributed by atoms with E-state index in [1.807, 2.05) is 32.0 Å². The number of H-pyrrole nitrogens is 2. The van der Waals surface area contributed by atoms with Gasteiger partial charge in [0.15, 0.2) is 0 Å². The first-order valence-corrected chi connectivity index (χ1v) is 9.84. The second-order valence-corrected chi connectivity index (χ2v) is 8.04. The molecular weight excluding hydrogens is 390 g/mol. The van der Waals surface area contributed by atoms with Gasteiger partial charge in [0, 0.05) is 5.69 Å². The first kappa shape index (κ1) is 18.9. The topological polar surface area (TPSA) is 121 Å². The van der Waals surface area contributed by atoms with E-state index >= 15 is 0 Å². The minimum absolute atomic E-state index is 0.193. The predicted octanol–water partition coefficient (Wildman–Crippen LogP) is 2.57. The van der Waals surface area contributed by atoms with Crippen molar-refractivity contribution in [2.45, 2.75) is 31.2 Å². The van der Waals surface area contributed by atoms with E-state index in [4.69, 9.17) is 0 Å². The monoisotopic (exact) mass is 409 g/mol. The number of amides is 1. The lowest BCUT2D eigenvalue weighted by atomic mass is 10.1. The number of rotatable bonds is 5. The van der Waals surface area contributed by atoms with Gasteiger partial charge >= 0.3 is 5.69 Å². The van der Waals surface area contributed by atoms with Crippen molar-refractivity contribution >= 4 is 34.4 Å². The van der Waals surface area contributed by atoms with Crippen molar-refractivity contribution in [1.29, 1.82) is 0 Å². The maximum absolute atomic E-state index is 12.6. The van der Waals surface area contributed by atoms with Crippen molar-refractivity contribution in [3.63, 3.8) is 0 Å². The molecule has 0 spiro atoms. The molecule has 4 rings (SSSR count). The molecule has 2 aromatic carbocycles. The van der Waals surface area contributed by atoms with E-state index in [1.54, 1.807) is 29.8 Å². The van der Waals surface area contributed by atoms with E-state index in [1.165, 1.54) is 17.3 Å². The highest BCUT2D eigenvalue weighted by atomic mass is 32.2. The fourth-order valence-corrected chi connectivity index (χ4v) is 3.65. The maximum Gasteiger partial charge on any atom is 0.323 e. The summed E-state index contributed by atoms with van der Waals surface area (Å²) in [5, 5.41) is 14.8. The van der Waals surface area contributed by atoms with Gasteiger partial charge in [-0.1, -0.05) is 17.8 Å². The summed E-state index contributed by atoms with van der Waals surface area (Å²) in [6, 6.07) is 11.1. The molecule has 0 fully saturated rings. The molecule has 4 aromatic rings. The molecule has 0 aliphatic heterocycles. The fourth-order valence-electron chi connectivity index (χ4n) is 2.84. The maximum atomic E-state index is 12.6. The quantitative estimate of drug-likeness (QED) is 0.436. The lowest BCUT2D eigenvalue weighted by molar-refractivity contribution is -0.115. The van der Waals surface area contributed by atoms with Gasteiger partial charge < -0.3 is 15.3 Å². The zero-order valence-electron chi connectivity index (χ0n) is 16.1. The molecule has 9 nitrogen and oxygen atoms in total. The smallest absolute Gasteiger partial charge is 0.323 e. The van der Waals surface area contributed by atoms with Crippen LogP contribution in [0.3, 0.4) is 0 Å². The number of aromatic nitrogens is 6. The summed E-state index contributed by atoms with van der Waals surface area (Å²) in [7, 11) is 0. The van der Waals surface area contributed by atoms with E-state index in [0.29, 0.717) is 21.9 Å². The zero-order chi connectivity index (χ0) is 20.5. The highest BCUT2D eigenvalue weighted by molar-refractivity contribution is 8.00. The number of carbonyl (C=O) groups excluding carboxylic acids is 1. The van der Waals surface area contributed by atoms with Crippen LogP contribution in [0.1, 0.15) is 18.1 Å². The molecule has 0 bridgehead atoms. The number of nitrogens with zero attached hydrogens (tertiary/aromatic N) is 4. The number of hydrogen-bond donors (Lipinski definition) is 3. The summed E-state index contributed by atoms with van der Waals surface area (Å²) in [4.78, 5) is 29.4. The van der Waals surface area contributed by atoms with Gasteiger partial charge in [0.25, 0.3) is 0 Å². The summed E-state index contributed by atoms with van der Waals surface area (Å²) >= 11 is 1.27. The van der Waals surface area contributed by atoms with Crippen LogP contribution < -0.4 is 11.0 Å². The average molecular weight is 409 g/mol. The molecule has 3 N–H and O–H groups in total. The van der Waals surface area contributed by atoms with E-state index in [9.17, 15) is 9.59 Å². The molecule has 0 saturated carbocycles. The minimum atomic E-state index is -0.438. The van der Waals surface area contributed by atoms with E-state index in [2.05, 4.69) is 30.8 Å². The van der Waals surface area contributed by atoms with Crippen LogP contribution in [-0.4, -0.2) is 41.3 Å². The van der Waals surface area contributed by atoms with Gasteiger partial charge in [-0.15, -0.1) is 5.10 Å². The predicted molar refractivity (Wildman–Crippen MR) is 111 cm³/mol. The van der Waals surface area contributed by atoms with E-state index in [0.717, 1.165) is 11.3 Å². The number of tetrazole rings is 1. The van der Waals surface area contributed by atoms with Gasteiger partial charge in [0.05, 0.1) is 22.0 Å². The number of fused-ring (bicyclic) bond motifs is 1. The minimum Gasteiger partial charge on any atom is -0.325 e. The molecule has 10 heteroatoms.